The molecule has 0 atom stereocenters. The molecule has 5 aromatic rings. The van der Waals surface area contributed by atoms with Crippen LogP contribution in [0.15, 0.2) is 114 Å². The maximum atomic E-state index is 12.9. The maximum absolute atomic E-state index is 12.9. The van der Waals surface area contributed by atoms with E-state index in [0.717, 1.165) is 40.7 Å². The predicted octanol–water partition coefficient (Wildman–Crippen LogP) is 10.6. The number of carbonyl (C=O) groups excluding carboxylic acids is 2. The van der Waals surface area contributed by atoms with E-state index in [9.17, 15) is 9.59 Å². The number of nitrogens with zero attached hydrogens (tertiary/aromatic N) is 1. The molecule has 0 spiro atoms. The lowest BCUT2D eigenvalue weighted by atomic mass is 10.1. The third kappa shape index (κ3) is 10.8. The number of esters is 2. The summed E-state index contributed by atoms with van der Waals surface area (Å²) in [7, 11) is 0. The number of aliphatic imine (C=N–C) groups is 1. The van der Waals surface area contributed by atoms with Crippen molar-refractivity contribution in [2.75, 3.05) is 13.2 Å². The van der Waals surface area contributed by atoms with Gasteiger partial charge in [0.25, 0.3) is 0 Å². The van der Waals surface area contributed by atoms with E-state index >= 15 is 0 Å². The first-order valence-electron chi connectivity index (χ1n) is 17.1. The Kier molecular flexibility index (Phi) is 13.0. The zero-order valence-corrected chi connectivity index (χ0v) is 28.2. The van der Waals surface area contributed by atoms with Crippen molar-refractivity contribution in [1.29, 1.82) is 0 Å². The van der Waals surface area contributed by atoms with Gasteiger partial charge in [-0.15, -0.1) is 0 Å². The van der Waals surface area contributed by atoms with Crippen molar-refractivity contribution in [2.45, 2.75) is 58.8 Å². The van der Waals surface area contributed by atoms with Crippen molar-refractivity contribution in [1.82, 2.24) is 0 Å². The van der Waals surface area contributed by atoms with Crippen LogP contribution in [0.4, 0.5) is 5.69 Å². The summed E-state index contributed by atoms with van der Waals surface area (Å²) >= 11 is 0. The van der Waals surface area contributed by atoms with Crippen LogP contribution < -0.4 is 18.9 Å². The minimum absolute atomic E-state index is 0.428. The molecule has 5 rings (SSSR count). The summed E-state index contributed by atoms with van der Waals surface area (Å²) in [5, 5.41) is 1.95. The number of rotatable bonds is 17. The normalized spacial score (nSPS) is 11.1. The summed E-state index contributed by atoms with van der Waals surface area (Å²) in [6, 6.07) is 32.4. The number of carbonyl (C=O) groups is 2. The average molecular weight is 658 g/mol. The molecule has 0 N–H and O–H groups in total. The van der Waals surface area contributed by atoms with E-state index in [1.54, 1.807) is 72.9 Å². The quantitative estimate of drug-likeness (QED) is 0.0428. The van der Waals surface area contributed by atoms with Gasteiger partial charge < -0.3 is 18.9 Å². The van der Waals surface area contributed by atoms with Crippen LogP contribution >= 0.6 is 0 Å². The number of ether oxygens (including phenoxy) is 4. The van der Waals surface area contributed by atoms with Gasteiger partial charge >= 0.3 is 11.9 Å². The Hall–Kier alpha value is -5.43. The lowest BCUT2D eigenvalue weighted by Gasteiger charge is -2.09. The van der Waals surface area contributed by atoms with Crippen LogP contribution in [0.2, 0.25) is 0 Å². The summed E-state index contributed by atoms with van der Waals surface area (Å²) in [5.74, 6) is 1.55. The van der Waals surface area contributed by atoms with Gasteiger partial charge in [0.05, 0.1) is 30.0 Å². The second-order valence-electron chi connectivity index (χ2n) is 11.8. The van der Waals surface area contributed by atoms with E-state index in [-0.39, 0.29) is 0 Å². The average Bonchev–Trinajstić information content (AvgIpc) is 3.13. The van der Waals surface area contributed by atoms with Crippen molar-refractivity contribution < 1.29 is 28.5 Å². The zero-order valence-electron chi connectivity index (χ0n) is 28.2. The van der Waals surface area contributed by atoms with Gasteiger partial charge in [0.15, 0.2) is 0 Å². The molecule has 0 aliphatic heterocycles. The lowest BCUT2D eigenvalue weighted by Crippen LogP contribution is -2.08. The molecule has 0 fully saturated rings. The Morgan fingerprint density at radius 3 is 1.80 bits per heavy atom. The first-order valence-corrected chi connectivity index (χ1v) is 17.1. The molecule has 0 heterocycles. The number of hydrogen-bond acceptors (Lipinski definition) is 7. The Morgan fingerprint density at radius 2 is 1.08 bits per heavy atom. The van der Waals surface area contributed by atoms with Gasteiger partial charge in [-0.25, -0.2) is 9.59 Å². The molecule has 49 heavy (non-hydrogen) atoms. The Bertz CT molecular complexity index is 1830. The molecule has 0 aliphatic rings. The monoisotopic (exact) mass is 657 g/mol. The van der Waals surface area contributed by atoms with Gasteiger partial charge in [-0.2, -0.15) is 0 Å². The first-order chi connectivity index (χ1) is 24.0. The highest BCUT2D eigenvalue weighted by Gasteiger charge is 2.11. The lowest BCUT2D eigenvalue weighted by molar-refractivity contribution is 0.0725. The maximum Gasteiger partial charge on any atom is 0.343 e. The van der Waals surface area contributed by atoms with Crippen LogP contribution in [-0.2, 0) is 0 Å². The largest absolute Gasteiger partial charge is 0.494 e. The van der Waals surface area contributed by atoms with Crippen LogP contribution in [0.3, 0.4) is 0 Å². The second-order valence-corrected chi connectivity index (χ2v) is 11.8. The fraction of sp³-hybridized carbons (Fsp3) is 0.262. The second kappa shape index (κ2) is 18.2. The molecule has 0 aromatic heterocycles. The molecule has 0 saturated carbocycles. The minimum Gasteiger partial charge on any atom is -0.494 e. The SMILES string of the molecule is CCCCCCCCOc1ccc2cc(C(=O)Oc3ccc(N=Cc4ccc(OC(=O)c5ccc(OCCC)cc5)cc4)cc3)ccc2c1. The summed E-state index contributed by atoms with van der Waals surface area (Å²) in [5.41, 5.74) is 2.45. The highest BCUT2D eigenvalue weighted by molar-refractivity contribution is 5.97. The van der Waals surface area contributed by atoms with Crippen LogP contribution in [0, 0.1) is 0 Å². The van der Waals surface area contributed by atoms with E-state index in [0.29, 0.717) is 41.5 Å². The first kappa shape index (κ1) is 34.9. The fourth-order valence-corrected chi connectivity index (χ4v) is 5.12. The number of hydrogen-bond donors (Lipinski definition) is 0. The topological polar surface area (TPSA) is 83.4 Å². The standard InChI is InChI=1S/C42H43NO6/c1-3-5-6-7-8-9-27-47-40-23-16-33-28-35(13-12-34(33)29-40)42(45)49-39-24-17-36(18-25-39)43-30-31-10-19-38(20-11-31)48-41(44)32-14-21-37(22-15-32)46-26-4-2/h10-25,28-30H,3-9,26-27H2,1-2H3. The fourth-order valence-electron chi connectivity index (χ4n) is 5.12. The van der Waals surface area contributed by atoms with E-state index in [2.05, 4.69) is 11.9 Å². The van der Waals surface area contributed by atoms with Crippen LogP contribution in [0.5, 0.6) is 23.0 Å². The molecule has 0 unspecified atom stereocenters. The number of benzene rings is 5. The van der Waals surface area contributed by atoms with Crippen LogP contribution in [-0.4, -0.2) is 31.4 Å². The van der Waals surface area contributed by atoms with Crippen molar-refractivity contribution in [3.8, 4) is 23.0 Å². The van der Waals surface area contributed by atoms with Crippen molar-refractivity contribution >= 4 is 34.6 Å². The van der Waals surface area contributed by atoms with Gasteiger partial charge in [0.2, 0.25) is 0 Å². The molecule has 0 saturated heterocycles. The smallest absolute Gasteiger partial charge is 0.343 e. The molecule has 0 aliphatic carbocycles. The van der Waals surface area contributed by atoms with Crippen LogP contribution in [0.25, 0.3) is 10.8 Å². The molecular formula is C42H43NO6. The zero-order chi connectivity index (χ0) is 34.3. The summed E-state index contributed by atoms with van der Waals surface area (Å²) in [6.45, 7) is 5.61. The van der Waals surface area contributed by atoms with E-state index in [1.807, 2.05) is 49.4 Å². The number of fused-ring (bicyclic) bond motifs is 1. The third-order valence-corrected chi connectivity index (χ3v) is 7.88. The molecular weight excluding hydrogens is 614 g/mol. The molecule has 7 heteroatoms. The molecule has 7 nitrogen and oxygen atoms in total. The van der Waals surface area contributed by atoms with Gasteiger partial charge in [-0.05, 0) is 126 Å². The van der Waals surface area contributed by atoms with E-state index in [1.165, 1.54) is 32.1 Å². The molecule has 0 amide bonds. The predicted molar refractivity (Wildman–Crippen MR) is 195 cm³/mol. The minimum atomic E-state index is -0.442. The molecule has 252 valence electrons. The Morgan fingerprint density at radius 1 is 0.531 bits per heavy atom. The highest BCUT2D eigenvalue weighted by Crippen LogP contribution is 2.25. The van der Waals surface area contributed by atoms with E-state index < -0.39 is 11.9 Å². The van der Waals surface area contributed by atoms with Gasteiger partial charge in [0, 0.05) is 6.21 Å². The van der Waals surface area contributed by atoms with Gasteiger partial charge in [-0.1, -0.05) is 58.1 Å². The van der Waals surface area contributed by atoms with E-state index in [4.69, 9.17) is 18.9 Å². The Labute approximate surface area is 288 Å². The number of unbranched alkanes of at least 4 members (excludes halogenated alkanes) is 5. The molecule has 5 aromatic carbocycles. The summed E-state index contributed by atoms with van der Waals surface area (Å²) in [6.07, 6.45) is 9.99. The third-order valence-electron chi connectivity index (χ3n) is 7.88. The summed E-state index contributed by atoms with van der Waals surface area (Å²) < 4.78 is 22.6. The Balaban J connectivity index is 1.08. The van der Waals surface area contributed by atoms with Gasteiger partial charge in [-0.3, -0.25) is 4.99 Å². The summed E-state index contributed by atoms with van der Waals surface area (Å²) in [4.78, 5) is 29.9. The van der Waals surface area contributed by atoms with Crippen LogP contribution in [0.1, 0.15) is 85.1 Å². The van der Waals surface area contributed by atoms with Gasteiger partial charge in [0.1, 0.15) is 23.0 Å². The van der Waals surface area contributed by atoms with Crippen molar-refractivity contribution in [3.63, 3.8) is 0 Å². The van der Waals surface area contributed by atoms with Crippen molar-refractivity contribution in [3.05, 3.63) is 126 Å². The highest BCUT2D eigenvalue weighted by atomic mass is 16.5. The molecule has 0 bridgehead atoms. The van der Waals surface area contributed by atoms with Crippen molar-refractivity contribution in [2.24, 2.45) is 4.99 Å². The molecule has 0 radical (unpaired) electrons.